The second-order valence-corrected chi connectivity index (χ2v) is 6.28. The van der Waals surface area contributed by atoms with Gasteiger partial charge in [0.2, 0.25) is 5.88 Å². The van der Waals surface area contributed by atoms with Crippen molar-refractivity contribution >= 4 is 33.7 Å². The van der Waals surface area contributed by atoms with Gasteiger partial charge >= 0.3 is 0 Å². The maximum Gasteiger partial charge on any atom is 0.248 e. The van der Waals surface area contributed by atoms with E-state index in [2.05, 4.69) is 15.3 Å². The lowest BCUT2D eigenvalue weighted by molar-refractivity contribution is 0.101. The lowest BCUT2D eigenvalue weighted by Gasteiger charge is -2.13. The lowest BCUT2D eigenvalue weighted by Crippen LogP contribution is -2.03. The molecule has 138 valence electrons. The van der Waals surface area contributed by atoms with E-state index in [-0.39, 0.29) is 11.7 Å². The number of aromatic nitrogens is 2. The number of nitrogens with one attached hydrogen (secondary N) is 1. The van der Waals surface area contributed by atoms with Crippen LogP contribution in [0.15, 0.2) is 73.1 Å². The van der Waals surface area contributed by atoms with E-state index in [4.69, 9.17) is 10.5 Å². The highest BCUT2D eigenvalue weighted by atomic mass is 16.5. The zero-order chi connectivity index (χ0) is 19.5. The molecule has 0 amide bonds. The topological polar surface area (TPSA) is 90.1 Å². The summed E-state index contributed by atoms with van der Waals surface area (Å²) in [4.78, 5) is 19.8. The number of hydrogen-bond acceptors (Lipinski definition) is 6. The maximum absolute atomic E-state index is 11.4. The van der Waals surface area contributed by atoms with Crippen molar-refractivity contribution < 1.29 is 9.53 Å². The molecule has 4 rings (SSSR count). The predicted molar refractivity (Wildman–Crippen MR) is 110 cm³/mol. The Kier molecular flexibility index (Phi) is 4.60. The fourth-order valence-corrected chi connectivity index (χ4v) is 2.87. The van der Waals surface area contributed by atoms with Gasteiger partial charge in [-0.1, -0.05) is 36.4 Å². The van der Waals surface area contributed by atoms with Crippen molar-refractivity contribution in [1.82, 2.24) is 9.97 Å². The van der Waals surface area contributed by atoms with Crippen molar-refractivity contribution in [2.75, 3.05) is 11.1 Å². The molecule has 0 radical (unpaired) electrons. The molecule has 0 unspecified atom stereocenters. The van der Waals surface area contributed by atoms with Gasteiger partial charge in [0.15, 0.2) is 11.6 Å². The minimum absolute atomic E-state index is 0.0128. The van der Waals surface area contributed by atoms with Crippen LogP contribution in [0.5, 0.6) is 11.6 Å². The van der Waals surface area contributed by atoms with Crippen LogP contribution >= 0.6 is 0 Å². The van der Waals surface area contributed by atoms with Crippen LogP contribution in [0.3, 0.4) is 0 Å². The zero-order valence-corrected chi connectivity index (χ0v) is 15.2. The van der Waals surface area contributed by atoms with Crippen LogP contribution in [0.25, 0.3) is 10.8 Å². The second-order valence-electron chi connectivity index (χ2n) is 6.28. The molecule has 0 saturated carbocycles. The molecule has 0 spiro atoms. The highest BCUT2D eigenvalue weighted by Crippen LogP contribution is 2.34. The molecule has 0 aliphatic carbocycles. The molecule has 0 aliphatic heterocycles. The third-order valence-electron chi connectivity index (χ3n) is 4.36. The number of anilines is 3. The number of ether oxygens (including phenoxy) is 1. The number of Topliss-reactive ketones (excluding diaryl/α,β-unsaturated/α-hetero) is 1. The van der Waals surface area contributed by atoms with E-state index in [0.717, 1.165) is 16.5 Å². The first kappa shape index (κ1) is 17.5. The number of carbonyl (C=O) groups is 1. The first-order valence-electron chi connectivity index (χ1n) is 8.76. The molecule has 4 aromatic rings. The SMILES string of the molecule is CC(=O)c1ccc(Nc2ncnc(Oc3cccc4ccccc34)c2N)cc1. The first-order valence-corrected chi connectivity index (χ1v) is 8.76. The van der Waals surface area contributed by atoms with Crippen molar-refractivity contribution in [3.63, 3.8) is 0 Å². The summed E-state index contributed by atoms with van der Waals surface area (Å²) in [5.74, 6) is 1.38. The number of nitrogens with zero attached hydrogens (tertiary/aromatic N) is 2. The monoisotopic (exact) mass is 370 g/mol. The third kappa shape index (κ3) is 3.48. The van der Waals surface area contributed by atoms with Crippen molar-refractivity contribution in [1.29, 1.82) is 0 Å². The van der Waals surface area contributed by atoms with E-state index in [1.54, 1.807) is 24.3 Å². The minimum Gasteiger partial charge on any atom is -0.436 e. The molecule has 0 saturated heterocycles. The molecule has 0 bridgehead atoms. The normalized spacial score (nSPS) is 10.6. The lowest BCUT2D eigenvalue weighted by atomic mass is 10.1. The number of fused-ring (bicyclic) bond motifs is 1. The molecule has 6 heteroatoms. The van der Waals surface area contributed by atoms with Gasteiger partial charge in [-0.2, -0.15) is 4.98 Å². The van der Waals surface area contributed by atoms with Crippen LogP contribution in [0.1, 0.15) is 17.3 Å². The van der Waals surface area contributed by atoms with Crippen molar-refractivity contribution in [3.8, 4) is 11.6 Å². The van der Waals surface area contributed by atoms with Gasteiger partial charge in [0.05, 0.1) is 0 Å². The van der Waals surface area contributed by atoms with Crippen LogP contribution < -0.4 is 15.8 Å². The molecular weight excluding hydrogens is 352 g/mol. The first-order chi connectivity index (χ1) is 13.6. The molecule has 6 nitrogen and oxygen atoms in total. The quantitative estimate of drug-likeness (QED) is 0.483. The fourth-order valence-electron chi connectivity index (χ4n) is 2.87. The molecular formula is C22H18N4O2. The molecule has 0 fully saturated rings. The fraction of sp³-hybridized carbons (Fsp3) is 0.0455. The summed E-state index contributed by atoms with van der Waals surface area (Å²) >= 11 is 0. The molecule has 0 aliphatic rings. The standard InChI is InChI=1S/C22H18N4O2/c1-14(27)15-9-11-17(12-10-15)26-21-20(23)22(25-13-24-21)28-19-8-4-6-16-5-2-3-7-18(16)19/h2-13H,23H2,1H3,(H,24,25,26). The summed E-state index contributed by atoms with van der Waals surface area (Å²) in [7, 11) is 0. The maximum atomic E-state index is 11.4. The van der Waals surface area contributed by atoms with E-state index in [9.17, 15) is 4.79 Å². The van der Waals surface area contributed by atoms with Crippen LogP contribution in [0.4, 0.5) is 17.2 Å². The van der Waals surface area contributed by atoms with Gasteiger partial charge in [0.1, 0.15) is 17.8 Å². The van der Waals surface area contributed by atoms with Crippen LogP contribution in [-0.2, 0) is 0 Å². The van der Waals surface area contributed by atoms with Crippen LogP contribution in [0, 0.1) is 0 Å². The Hall–Kier alpha value is -3.93. The Bertz CT molecular complexity index is 1150. The number of nitrogens with two attached hydrogens (primary N) is 1. The Balaban J connectivity index is 1.62. The Morgan fingerprint density at radius 3 is 2.50 bits per heavy atom. The molecule has 3 N–H and O–H groups in total. The average molecular weight is 370 g/mol. The van der Waals surface area contributed by atoms with Gasteiger partial charge in [-0.15, -0.1) is 0 Å². The Morgan fingerprint density at radius 2 is 1.71 bits per heavy atom. The van der Waals surface area contributed by atoms with Gasteiger partial charge in [0, 0.05) is 16.6 Å². The van der Waals surface area contributed by atoms with Crippen LogP contribution in [-0.4, -0.2) is 15.8 Å². The van der Waals surface area contributed by atoms with Crippen LogP contribution in [0.2, 0.25) is 0 Å². The summed E-state index contributed by atoms with van der Waals surface area (Å²) in [5, 5.41) is 5.17. The Morgan fingerprint density at radius 1 is 0.964 bits per heavy atom. The van der Waals surface area contributed by atoms with Gasteiger partial charge in [-0.05, 0) is 42.6 Å². The number of benzene rings is 3. The van der Waals surface area contributed by atoms with E-state index >= 15 is 0 Å². The Labute approximate surface area is 162 Å². The highest BCUT2D eigenvalue weighted by molar-refractivity contribution is 5.94. The van der Waals surface area contributed by atoms with Crippen molar-refractivity contribution in [2.24, 2.45) is 0 Å². The van der Waals surface area contributed by atoms with Crippen molar-refractivity contribution in [2.45, 2.75) is 6.92 Å². The van der Waals surface area contributed by atoms with E-state index in [1.165, 1.54) is 13.3 Å². The summed E-state index contributed by atoms with van der Waals surface area (Å²) < 4.78 is 5.99. The number of hydrogen-bond donors (Lipinski definition) is 2. The highest BCUT2D eigenvalue weighted by Gasteiger charge is 2.12. The smallest absolute Gasteiger partial charge is 0.248 e. The van der Waals surface area contributed by atoms with Crippen molar-refractivity contribution in [3.05, 3.63) is 78.6 Å². The number of nitrogen functional groups attached to an aromatic ring is 1. The second kappa shape index (κ2) is 7.36. The average Bonchev–Trinajstić information content (AvgIpc) is 2.71. The molecule has 28 heavy (non-hydrogen) atoms. The summed E-state index contributed by atoms with van der Waals surface area (Å²) in [6.07, 6.45) is 1.39. The molecule has 0 atom stereocenters. The largest absolute Gasteiger partial charge is 0.436 e. The van der Waals surface area contributed by atoms with Gasteiger partial charge in [-0.3, -0.25) is 4.79 Å². The van der Waals surface area contributed by atoms with E-state index in [1.807, 2.05) is 42.5 Å². The summed E-state index contributed by atoms with van der Waals surface area (Å²) in [6, 6.07) is 20.8. The van der Waals surface area contributed by atoms with E-state index < -0.39 is 0 Å². The minimum atomic E-state index is 0.0128. The number of ketones is 1. The van der Waals surface area contributed by atoms with Gasteiger partial charge < -0.3 is 15.8 Å². The molecule has 3 aromatic carbocycles. The summed E-state index contributed by atoms with van der Waals surface area (Å²) in [6.45, 7) is 1.53. The zero-order valence-electron chi connectivity index (χ0n) is 15.2. The predicted octanol–water partition coefficient (Wildman–Crippen LogP) is 4.95. The van der Waals surface area contributed by atoms with Gasteiger partial charge in [-0.25, -0.2) is 4.98 Å². The number of carbonyl (C=O) groups excluding carboxylic acids is 1. The molecule has 1 aromatic heterocycles. The number of rotatable bonds is 5. The van der Waals surface area contributed by atoms with Gasteiger partial charge in [0.25, 0.3) is 0 Å². The van der Waals surface area contributed by atoms with E-state index in [0.29, 0.717) is 22.8 Å². The molecule has 1 heterocycles. The summed E-state index contributed by atoms with van der Waals surface area (Å²) in [5.41, 5.74) is 7.93. The third-order valence-corrected chi connectivity index (χ3v) is 4.36.